The number of aromatic amines is 1. The van der Waals surface area contributed by atoms with E-state index in [1.54, 1.807) is 6.20 Å². The molecule has 1 aromatic heterocycles. The number of carbonyl (C=O) groups is 1. The standard InChI is InChI=1S/C10H17N3O/c1-3-5-8-11-7-9(12-8)13-10(14)6-4-2/h7H,3-6H2,1-2H3,(H,11,12)(H,13,14). The van der Waals surface area contributed by atoms with E-state index >= 15 is 0 Å². The topological polar surface area (TPSA) is 57.8 Å². The first kappa shape index (κ1) is 10.8. The average molecular weight is 195 g/mol. The lowest BCUT2D eigenvalue weighted by Crippen LogP contribution is -2.10. The molecule has 0 saturated carbocycles. The largest absolute Gasteiger partial charge is 0.329 e. The van der Waals surface area contributed by atoms with Gasteiger partial charge in [0.15, 0.2) is 0 Å². The fourth-order valence-corrected chi connectivity index (χ4v) is 1.23. The second-order valence-corrected chi connectivity index (χ2v) is 3.29. The van der Waals surface area contributed by atoms with Crippen molar-refractivity contribution in [3.8, 4) is 0 Å². The zero-order valence-corrected chi connectivity index (χ0v) is 8.76. The second-order valence-electron chi connectivity index (χ2n) is 3.29. The molecule has 1 amide bonds. The monoisotopic (exact) mass is 195 g/mol. The number of nitrogens with one attached hydrogen (secondary N) is 2. The van der Waals surface area contributed by atoms with Gasteiger partial charge in [-0.25, -0.2) is 4.98 Å². The summed E-state index contributed by atoms with van der Waals surface area (Å²) < 4.78 is 0. The molecule has 0 radical (unpaired) electrons. The van der Waals surface area contributed by atoms with Gasteiger partial charge in [0.1, 0.15) is 11.6 Å². The van der Waals surface area contributed by atoms with Crippen LogP contribution < -0.4 is 5.32 Å². The minimum Gasteiger partial charge on any atom is -0.329 e. The third-order valence-corrected chi connectivity index (χ3v) is 1.87. The van der Waals surface area contributed by atoms with Gasteiger partial charge in [-0.3, -0.25) is 4.79 Å². The van der Waals surface area contributed by atoms with Crippen molar-refractivity contribution >= 4 is 11.7 Å². The van der Waals surface area contributed by atoms with E-state index in [1.807, 2.05) is 6.92 Å². The molecule has 1 heterocycles. The van der Waals surface area contributed by atoms with Crippen LogP contribution in [0.1, 0.15) is 38.9 Å². The molecular weight excluding hydrogens is 178 g/mol. The van der Waals surface area contributed by atoms with Gasteiger partial charge in [-0.1, -0.05) is 13.8 Å². The van der Waals surface area contributed by atoms with Crippen LogP contribution in [0.2, 0.25) is 0 Å². The molecule has 4 nitrogen and oxygen atoms in total. The number of aromatic nitrogens is 2. The van der Waals surface area contributed by atoms with Crippen molar-refractivity contribution in [2.75, 3.05) is 5.32 Å². The summed E-state index contributed by atoms with van der Waals surface area (Å²) in [6, 6.07) is 0. The van der Waals surface area contributed by atoms with Crippen molar-refractivity contribution < 1.29 is 4.79 Å². The van der Waals surface area contributed by atoms with E-state index in [0.717, 1.165) is 25.1 Å². The summed E-state index contributed by atoms with van der Waals surface area (Å²) in [5.41, 5.74) is 0. The van der Waals surface area contributed by atoms with E-state index in [0.29, 0.717) is 12.2 Å². The number of amides is 1. The normalized spacial score (nSPS) is 10.1. The Hall–Kier alpha value is -1.32. The second kappa shape index (κ2) is 5.42. The summed E-state index contributed by atoms with van der Waals surface area (Å²) >= 11 is 0. The Bertz CT molecular complexity index is 293. The molecule has 0 unspecified atom stereocenters. The number of H-pyrrole nitrogens is 1. The van der Waals surface area contributed by atoms with E-state index in [9.17, 15) is 4.79 Å². The number of anilines is 1. The summed E-state index contributed by atoms with van der Waals surface area (Å²) in [4.78, 5) is 18.4. The van der Waals surface area contributed by atoms with Gasteiger partial charge in [0.05, 0.1) is 6.20 Å². The first-order chi connectivity index (χ1) is 6.76. The zero-order chi connectivity index (χ0) is 10.4. The van der Waals surface area contributed by atoms with Crippen LogP contribution >= 0.6 is 0 Å². The van der Waals surface area contributed by atoms with Crippen LogP contribution in [-0.4, -0.2) is 15.9 Å². The maximum Gasteiger partial charge on any atom is 0.225 e. The number of imidazole rings is 1. The molecule has 0 atom stereocenters. The highest BCUT2D eigenvalue weighted by Crippen LogP contribution is 2.05. The zero-order valence-electron chi connectivity index (χ0n) is 8.76. The van der Waals surface area contributed by atoms with Gasteiger partial charge >= 0.3 is 0 Å². The van der Waals surface area contributed by atoms with Crippen LogP contribution in [0.3, 0.4) is 0 Å². The minimum absolute atomic E-state index is 0.0409. The highest BCUT2D eigenvalue weighted by Gasteiger charge is 2.03. The van der Waals surface area contributed by atoms with Crippen LogP contribution in [0.4, 0.5) is 5.82 Å². The molecule has 0 fully saturated rings. The smallest absolute Gasteiger partial charge is 0.225 e. The molecule has 14 heavy (non-hydrogen) atoms. The van der Waals surface area contributed by atoms with Crippen LogP contribution in [-0.2, 0) is 11.2 Å². The van der Waals surface area contributed by atoms with Crippen molar-refractivity contribution in [2.45, 2.75) is 39.5 Å². The molecule has 2 N–H and O–H groups in total. The van der Waals surface area contributed by atoms with Crippen LogP contribution in [0, 0.1) is 0 Å². The van der Waals surface area contributed by atoms with E-state index < -0.39 is 0 Å². The molecule has 0 saturated heterocycles. The Morgan fingerprint density at radius 2 is 2.29 bits per heavy atom. The predicted octanol–water partition coefficient (Wildman–Crippen LogP) is 2.10. The molecule has 0 aliphatic rings. The summed E-state index contributed by atoms with van der Waals surface area (Å²) in [6.07, 6.45) is 5.06. The van der Waals surface area contributed by atoms with Crippen LogP contribution in [0.5, 0.6) is 0 Å². The summed E-state index contributed by atoms with van der Waals surface area (Å²) in [7, 11) is 0. The molecule has 1 aromatic rings. The van der Waals surface area contributed by atoms with Gasteiger partial charge in [-0.15, -0.1) is 0 Å². The number of hydrogen-bond acceptors (Lipinski definition) is 2. The molecule has 0 aromatic carbocycles. The van der Waals surface area contributed by atoms with Gasteiger partial charge in [0.2, 0.25) is 5.91 Å². The Labute approximate surface area is 84.1 Å². The quantitative estimate of drug-likeness (QED) is 0.756. The number of hydrogen-bond donors (Lipinski definition) is 2. The Balaban J connectivity index is 2.46. The molecular formula is C10H17N3O. The Morgan fingerprint density at radius 3 is 2.93 bits per heavy atom. The van der Waals surface area contributed by atoms with Crippen molar-refractivity contribution in [1.29, 1.82) is 0 Å². The SMILES string of the molecule is CCCC(=O)Nc1cnc(CCC)[nH]1. The highest BCUT2D eigenvalue weighted by atomic mass is 16.1. The molecule has 0 bridgehead atoms. The summed E-state index contributed by atoms with van der Waals surface area (Å²) in [6.45, 7) is 4.08. The van der Waals surface area contributed by atoms with Gasteiger partial charge in [0.25, 0.3) is 0 Å². The van der Waals surface area contributed by atoms with Crippen LogP contribution in [0.25, 0.3) is 0 Å². The third kappa shape index (κ3) is 3.20. The molecule has 0 spiro atoms. The first-order valence-electron chi connectivity index (χ1n) is 5.10. The number of nitrogens with zero attached hydrogens (tertiary/aromatic N) is 1. The van der Waals surface area contributed by atoms with E-state index in [-0.39, 0.29) is 5.91 Å². The van der Waals surface area contributed by atoms with Crippen molar-refractivity contribution in [3.05, 3.63) is 12.0 Å². The molecule has 1 rings (SSSR count). The molecule has 0 aliphatic heterocycles. The Kier molecular flexibility index (Phi) is 4.16. The van der Waals surface area contributed by atoms with Gasteiger partial charge in [-0.05, 0) is 12.8 Å². The molecule has 78 valence electrons. The van der Waals surface area contributed by atoms with Gasteiger partial charge in [-0.2, -0.15) is 0 Å². The third-order valence-electron chi connectivity index (χ3n) is 1.87. The van der Waals surface area contributed by atoms with Crippen molar-refractivity contribution in [2.24, 2.45) is 0 Å². The van der Waals surface area contributed by atoms with Gasteiger partial charge in [0, 0.05) is 12.8 Å². The van der Waals surface area contributed by atoms with E-state index in [1.165, 1.54) is 0 Å². The van der Waals surface area contributed by atoms with E-state index in [4.69, 9.17) is 0 Å². The van der Waals surface area contributed by atoms with E-state index in [2.05, 4.69) is 22.2 Å². The van der Waals surface area contributed by atoms with Crippen molar-refractivity contribution in [1.82, 2.24) is 9.97 Å². The fraction of sp³-hybridized carbons (Fsp3) is 0.600. The Morgan fingerprint density at radius 1 is 1.50 bits per heavy atom. The first-order valence-corrected chi connectivity index (χ1v) is 5.10. The number of aryl methyl sites for hydroxylation is 1. The lowest BCUT2D eigenvalue weighted by atomic mass is 10.3. The number of carbonyl (C=O) groups excluding carboxylic acids is 1. The van der Waals surface area contributed by atoms with Crippen LogP contribution in [0.15, 0.2) is 6.20 Å². The predicted molar refractivity (Wildman–Crippen MR) is 56.1 cm³/mol. The lowest BCUT2D eigenvalue weighted by Gasteiger charge is -1.99. The summed E-state index contributed by atoms with van der Waals surface area (Å²) in [5.74, 6) is 1.67. The maximum atomic E-state index is 11.2. The average Bonchev–Trinajstić information content (AvgIpc) is 2.53. The summed E-state index contributed by atoms with van der Waals surface area (Å²) in [5, 5.41) is 2.76. The number of rotatable bonds is 5. The fourth-order valence-electron chi connectivity index (χ4n) is 1.23. The minimum atomic E-state index is 0.0409. The molecule has 4 heteroatoms. The lowest BCUT2D eigenvalue weighted by molar-refractivity contribution is -0.116. The maximum absolute atomic E-state index is 11.2. The highest BCUT2D eigenvalue weighted by molar-refractivity contribution is 5.89. The molecule has 0 aliphatic carbocycles. The van der Waals surface area contributed by atoms with Crippen molar-refractivity contribution in [3.63, 3.8) is 0 Å². The van der Waals surface area contributed by atoms with Gasteiger partial charge < -0.3 is 10.3 Å².